The molecule has 52 valence electrons. The summed E-state index contributed by atoms with van der Waals surface area (Å²) in [5.41, 5.74) is 0. The Labute approximate surface area is 56.9 Å². The molecule has 2 N–H and O–H groups in total. The predicted molar refractivity (Wildman–Crippen MR) is 34.7 cm³/mol. The van der Waals surface area contributed by atoms with Crippen LogP contribution in [0.25, 0.3) is 0 Å². The Kier molecular flexibility index (Phi) is 2.51. The quantitative estimate of drug-likeness (QED) is 0.636. The summed E-state index contributed by atoms with van der Waals surface area (Å²) in [5, 5.41) is 0. The summed E-state index contributed by atoms with van der Waals surface area (Å²) in [7, 11) is 0. The molecule has 0 amide bonds. The Balaban J connectivity index is 3.73. The van der Waals surface area contributed by atoms with Gasteiger partial charge in [0.05, 0.1) is 0 Å². The van der Waals surface area contributed by atoms with Crippen molar-refractivity contribution < 1.29 is 14.3 Å². The Morgan fingerprint density at radius 3 is 1.88 bits per heavy atom. The normalized spacial score (nSPS) is 17.4. The number of halogens is 2. The molecule has 6 heteroatoms. The first-order valence-electron chi connectivity index (χ1n) is 1.92. The SMILES string of the molecule is CCOP(O)(O)(Cl)Cl. The molecular formula is C2H7Cl2O3P. The zero-order valence-electron chi connectivity index (χ0n) is 4.21. The van der Waals surface area contributed by atoms with Gasteiger partial charge in [0.2, 0.25) is 0 Å². The molecule has 0 heterocycles. The van der Waals surface area contributed by atoms with E-state index in [0.29, 0.717) is 0 Å². The third kappa shape index (κ3) is 6.89. The summed E-state index contributed by atoms with van der Waals surface area (Å²) in [5.74, 6) is -4.66. The third-order valence-electron chi connectivity index (χ3n) is 0.342. The summed E-state index contributed by atoms with van der Waals surface area (Å²) < 4.78 is 4.19. The first-order valence-corrected chi connectivity index (χ1v) is 5.79. The summed E-state index contributed by atoms with van der Waals surface area (Å²) in [6.45, 7) is 1.64. The third-order valence-corrected chi connectivity index (χ3v) is 1.61. The fourth-order valence-corrected chi connectivity index (χ4v) is 1.22. The van der Waals surface area contributed by atoms with Crippen molar-refractivity contribution in [2.75, 3.05) is 6.61 Å². The van der Waals surface area contributed by atoms with Crippen molar-refractivity contribution in [3.63, 3.8) is 0 Å². The van der Waals surface area contributed by atoms with Crippen LogP contribution in [0, 0.1) is 0 Å². The fourth-order valence-electron chi connectivity index (χ4n) is 0.213. The van der Waals surface area contributed by atoms with Crippen LogP contribution in [0.4, 0.5) is 0 Å². The molecule has 0 aromatic rings. The van der Waals surface area contributed by atoms with Crippen LogP contribution < -0.4 is 0 Å². The van der Waals surface area contributed by atoms with Gasteiger partial charge in [-0.1, -0.05) is 0 Å². The minimum absolute atomic E-state index is 0.0812. The standard InChI is InChI=1S/C2H7Cl2O3P/c1-2-7-8(3,4,5)6/h5-6H,2H2,1H3. The molecule has 0 aromatic heterocycles. The molecule has 0 aliphatic carbocycles. The van der Waals surface area contributed by atoms with Gasteiger partial charge in [-0.2, -0.15) is 0 Å². The van der Waals surface area contributed by atoms with Crippen LogP contribution in [0.5, 0.6) is 0 Å². The Morgan fingerprint density at radius 1 is 1.50 bits per heavy atom. The van der Waals surface area contributed by atoms with E-state index in [1.54, 1.807) is 6.92 Å². The molecule has 0 aliphatic rings. The second-order valence-electron chi connectivity index (χ2n) is 1.17. The Hall–Kier alpha value is 0.890. The average molecular weight is 181 g/mol. The van der Waals surface area contributed by atoms with E-state index in [2.05, 4.69) is 4.52 Å². The van der Waals surface area contributed by atoms with Gasteiger partial charge < -0.3 is 0 Å². The predicted octanol–water partition coefficient (Wildman–Crippen LogP) is 1.61. The van der Waals surface area contributed by atoms with Crippen LogP contribution in [-0.2, 0) is 4.52 Å². The molecule has 0 radical (unpaired) electrons. The van der Waals surface area contributed by atoms with Gasteiger partial charge in [0, 0.05) is 0 Å². The van der Waals surface area contributed by atoms with Crippen molar-refractivity contribution in [1.82, 2.24) is 0 Å². The number of hydrogen-bond donors (Lipinski definition) is 2. The summed E-state index contributed by atoms with van der Waals surface area (Å²) in [6.07, 6.45) is 0. The molecule has 0 aromatic carbocycles. The molecular weight excluding hydrogens is 174 g/mol. The Morgan fingerprint density at radius 2 is 1.88 bits per heavy atom. The van der Waals surface area contributed by atoms with Gasteiger partial charge in [-0.3, -0.25) is 0 Å². The first kappa shape index (κ1) is 8.89. The second-order valence-corrected chi connectivity index (χ2v) is 7.12. The van der Waals surface area contributed by atoms with Crippen molar-refractivity contribution in [2.24, 2.45) is 0 Å². The first-order chi connectivity index (χ1) is 3.31. The zero-order chi connectivity index (χ0) is 6.86. The van der Waals surface area contributed by atoms with Gasteiger partial charge in [0.25, 0.3) is 0 Å². The molecule has 0 atom stereocenters. The minimum atomic E-state index is -4.66. The topological polar surface area (TPSA) is 49.7 Å². The van der Waals surface area contributed by atoms with Crippen LogP contribution in [0.2, 0.25) is 0 Å². The molecule has 0 spiro atoms. The summed E-state index contributed by atoms with van der Waals surface area (Å²) in [6, 6.07) is 0. The van der Waals surface area contributed by atoms with Gasteiger partial charge in [0.1, 0.15) is 0 Å². The van der Waals surface area contributed by atoms with Crippen molar-refractivity contribution in [1.29, 1.82) is 0 Å². The molecule has 8 heavy (non-hydrogen) atoms. The summed E-state index contributed by atoms with van der Waals surface area (Å²) >= 11 is 9.75. The van der Waals surface area contributed by atoms with Gasteiger partial charge in [-0.25, -0.2) is 0 Å². The van der Waals surface area contributed by atoms with Crippen molar-refractivity contribution in [3.8, 4) is 0 Å². The van der Waals surface area contributed by atoms with E-state index in [1.165, 1.54) is 0 Å². The molecule has 0 saturated carbocycles. The van der Waals surface area contributed by atoms with E-state index in [0.717, 1.165) is 0 Å². The van der Waals surface area contributed by atoms with Gasteiger partial charge >= 0.3 is 56.3 Å². The van der Waals surface area contributed by atoms with E-state index in [9.17, 15) is 0 Å². The number of hydrogen-bond acceptors (Lipinski definition) is 3. The van der Waals surface area contributed by atoms with Crippen molar-refractivity contribution in [3.05, 3.63) is 0 Å². The second kappa shape index (κ2) is 2.25. The maximum absolute atomic E-state index is 8.48. The van der Waals surface area contributed by atoms with Crippen molar-refractivity contribution >= 4 is 28.5 Å². The van der Waals surface area contributed by atoms with Crippen molar-refractivity contribution in [2.45, 2.75) is 6.92 Å². The van der Waals surface area contributed by atoms with Gasteiger partial charge in [-0.15, -0.1) is 0 Å². The zero-order valence-corrected chi connectivity index (χ0v) is 6.62. The molecule has 0 aliphatic heterocycles. The van der Waals surface area contributed by atoms with E-state index in [-0.39, 0.29) is 6.61 Å². The van der Waals surface area contributed by atoms with Crippen LogP contribution in [-0.4, -0.2) is 16.4 Å². The molecule has 0 bridgehead atoms. The molecule has 0 fully saturated rings. The maximum atomic E-state index is 8.48. The van der Waals surface area contributed by atoms with Crippen LogP contribution in [0.15, 0.2) is 0 Å². The Bertz CT molecular complexity index is 77.8. The fraction of sp³-hybridized carbons (Fsp3) is 1.00. The number of rotatable bonds is 2. The van der Waals surface area contributed by atoms with Crippen LogP contribution in [0.1, 0.15) is 6.92 Å². The van der Waals surface area contributed by atoms with Crippen LogP contribution in [0.3, 0.4) is 0 Å². The van der Waals surface area contributed by atoms with Gasteiger partial charge in [-0.05, 0) is 0 Å². The molecule has 0 saturated heterocycles. The van der Waals surface area contributed by atoms with Crippen LogP contribution >= 0.6 is 28.5 Å². The van der Waals surface area contributed by atoms with E-state index < -0.39 is 5.99 Å². The summed E-state index contributed by atoms with van der Waals surface area (Å²) in [4.78, 5) is 17.0. The molecule has 0 rings (SSSR count). The van der Waals surface area contributed by atoms with E-state index >= 15 is 0 Å². The van der Waals surface area contributed by atoms with E-state index in [1.807, 2.05) is 0 Å². The monoisotopic (exact) mass is 180 g/mol. The average Bonchev–Trinajstić information content (AvgIpc) is 1.25. The molecule has 3 nitrogen and oxygen atoms in total. The van der Waals surface area contributed by atoms with E-state index in [4.69, 9.17) is 32.3 Å². The van der Waals surface area contributed by atoms with Gasteiger partial charge in [0.15, 0.2) is 0 Å². The molecule has 0 unspecified atom stereocenters.